The lowest BCUT2D eigenvalue weighted by molar-refractivity contribution is 0.257. The number of ether oxygens (including phenoxy) is 3. The Bertz CT molecular complexity index is 919. The van der Waals surface area contributed by atoms with E-state index in [1.807, 2.05) is 36.6 Å². The first-order valence-corrected chi connectivity index (χ1v) is 14.2. The molecule has 0 bridgehead atoms. The van der Waals surface area contributed by atoms with Gasteiger partial charge in [-0.3, -0.25) is 4.79 Å². The molecule has 35 heavy (non-hydrogen) atoms. The largest absolute Gasteiger partial charge is 0.494 e. The molecule has 1 aromatic carbocycles. The highest BCUT2D eigenvalue weighted by Gasteiger charge is 2.21. The topological polar surface area (TPSA) is 49.7 Å². The minimum absolute atomic E-state index is 0.00838. The molecule has 1 heterocycles. The number of fused-ring (bicyclic) bond motifs is 1. The molecule has 0 fully saturated rings. The average Bonchev–Trinajstić information content (AvgIpc) is 2.84. The van der Waals surface area contributed by atoms with E-state index in [-0.39, 0.29) is 11.6 Å². The monoisotopic (exact) mass is 487 g/mol. The van der Waals surface area contributed by atoms with Gasteiger partial charge in [0.1, 0.15) is 5.75 Å². The predicted octanol–water partition coefficient (Wildman–Crippen LogP) is 8.46. The highest BCUT2D eigenvalue weighted by Crippen LogP contribution is 2.36. The maximum Gasteiger partial charge on any atom is 0.297 e. The Morgan fingerprint density at radius 1 is 0.686 bits per heavy atom. The summed E-state index contributed by atoms with van der Waals surface area (Å²) in [6.45, 7) is 12.4. The van der Waals surface area contributed by atoms with Gasteiger partial charge in [-0.2, -0.15) is 0 Å². The van der Waals surface area contributed by atoms with Crippen LogP contribution in [0.15, 0.2) is 23.0 Å². The molecule has 0 spiro atoms. The summed E-state index contributed by atoms with van der Waals surface area (Å²) in [5.41, 5.74) is 0.720. The number of rotatable bonds is 19. The summed E-state index contributed by atoms with van der Waals surface area (Å²) in [6, 6.07) is 6.01. The number of pyridine rings is 1. The van der Waals surface area contributed by atoms with Gasteiger partial charge in [0, 0.05) is 17.5 Å². The molecule has 5 heteroatoms. The second-order valence-corrected chi connectivity index (χ2v) is 9.83. The van der Waals surface area contributed by atoms with Crippen molar-refractivity contribution in [2.24, 2.45) is 0 Å². The predicted molar refractivity (Wildman–Crippen MR) is 148 cm³/mol. The highest BCUT2D eigenvalue weighted by atomic mass is 16.5. The third-order valence-corrected chi connectivity index (χ3v) is 6.36. The van der Waals surface area contributed by atoms with Crippen molar-refractivity contribution in [3.8, 4) is 17.2 Å². The fraction of sp³-hybridized carbons (Fsp3) is 0.700. The number of unbranched alkanes of at least 4 members (excludes halogenated alkanes) is 9. The quantitative estimate of drug-likeness (QED) is 0.186. The van der Waals surface area contributed by atoms with E-state index in [4.69, 9.17) is 14.2 Å². The highest BCUT2D eigenvalue weighted by molar-refractivity contribution is 5.89. The molecule has 0 aliphatic rings. The first kappa shape index (κ1) is 29.1. The molecule has 198 valence electrons. The number of aromatic nitrogens is 1. The molecule has 1 aromatic heterocycles. The van der Waals surface area contributed by atoms with E-state index in [9.17, 15) is 4.79 Å². The standard InChI is InChI=1S/C30H49NO4/c1-6-9-12-14-15-17-21-33-25-18-19-26-27(23-25)31(24(4)5)30(32)29(35-20-11-8-3)28(26)34-22-16-13-10-7-2/h18-19,23-24H,6-17,20-22H2,1-5H3. The van der Waals surface area contributed by atoms with Crippen LogP contribution >= 0.6 is 0 Å². The van der Waals surface area contributed by atoms with E-state index in [0.717, 1.165) is 48.8 Å². The fourth-order valence-electron chi connectivity index (χ4n) is 4.31. The SMILES string of the molecule is CCCCCCCCOc1ccc2c(OCCCCCC)c(OCCCC)c(=O)n(C(C)C)c2c1. The lowest BCUT2D eigenvalue weighted by Gasteiger charge is -2.21. The van der Waals surface area contributed by atoms with Gasteiger partial charge in [0.15, 0.2) is 5.75 Å². The third kappa shape index (κ3) is 9.09. The number of hydrogen-bond acceptors (Lipinski definition) is 4. The molecule has 0 aliphatic carbocycles. The summed E-state index contributed by atoms with van der Waals surface area (Å²) in [5.74, 6) is 1.72. The van der Waals surface area contributed by atoms with Crippen LogP contribution < -0.4 is 19.8 Å². The maximum atomic E-state index is 13.6. The minimum atomic E-state index is -0.125. The van der Waals surface area contributed by atoms with Gasteiger partial charge in [-0.1, -0.05) is 78.6 Å². The summed E-state index contributed by atoms with van der Waals surface area (Å²) in [6.07, 6.45) is 13.8. The van der Waals surface area contributed by atoms with E-state index >= 15 is 0 Å². The van der Waals surface area contributed by atoms with Gasteiger partial charge in [0.25, 0.3) is 5.56 Å². The van der Waals surface area contributed by atoms with Crippen LogP contribution in [0.2, 0.25) is 0 Å². The van der Waals surface area contributed by atoms with Gasteiger partial charge >= 0.3 is 0 Å². The molecule has 0 saturated carbocycles. The van der Waals surface area contributed by atoms with Crippen molar-refractivity contribution in [2.75, 3.05) is 19.8 Å². The zero-order chi connectivity index (χ0) is 25.5. The van der Waals surface area contributed by atoms with E-state index in [1.54, 1.807) is 0 Å². The molecule has 0 unspecified atom stereocenters. The molecule has 0 radical (unpaired) electrons. The van der Waals surface area contributed by atoms with E-state index in [1.165, 1.54) is 44.9 Å². The Hall–Kier alpha value is -2.17. The molecule has 2 aromatic rings. The molecule has 0 amide bonds. The van der Waals surface area contributed by atoms with Crippen molar-refractivity contribution < 1.29 is 14.2 Å². The van der Waals surface area contributed by atoms with Gasteiger partial charge in [-0.25, -0.2) is 0 Å². The summed E-state index contributed by atoms with van der Waals surface area (Å²) in [7, 11) is 0. The molecule has 0 aliphatic heterocycles. The van der Waals surface area contributed by atoms with Crippen LogP contribution in [0, 0.1) is 0 Å². The van der Waals surface area contributed by atoms with Crippen molar-refractivity contribution in [2.45, 2.75) is 118 Å². The van der Waals surface area contributed by atoms with Crippen molar-refractivity contribution in [3.05, 3.63) is 28.6 Å². The zero-order valence-electron chi connectivity index (χ0n) is 23.0. The number of hydrogen-bond donors (Lipinski definition) is 0. The van der Waals surface area contributed by atoms with Gasteiger partial charge in [0.05, 0.1) is 25.3 Å². The summed E-state index contributed by atoms with van der Waals surface area (Å²) < 4.78 is 20.2. The van der Waals surface area contributed by atoms with Crippen molar-refractivity contribution in [3.63, 3.8) is 0 Å². The van der Waals surface area contributed by atoms with Crippen LogP contribution in [0.25, 0.3) is 10.9 Å². The van der Waals surface area contributed by atoms with Crippen LogP contribution in [-0.4, -0.2) is 24.4 Å². The average molecular weight is 488 g/mol. The van der Waals surface area contributed by atoms with Crippen LogP contribution in [0.5, 0.6) is 17.2 Å². The summed E-state index contributed by atoms with van der Waals surface area (Å²) in [5, 5.41) is 0.909. The van der Waals surface area contributed by atoms with Gasteiger partial charge in [0.2, 0.25) is 5.75 Å². The molecule has 2 rings (SSSR count). The van der Waals surface area contributed by atoms with Crippen molar-refractivity contribution in [1.29, 1.82) is 0 Å². The molecule has 0 atom stereocenters. The van der Waals surface area contributed by atoms with Gasteiger partial charge < -0.3 is 18.8 Å². The van der Waals surface area contributed by atoms with E-state index in [0.29, 0.717) is 31.3 Å². The molecular weight excluding hydrogens is 438 g/mol. The first-order valence-electron chi connectivity index (χ1n) is 14.2. The van der Waals surface area contributed by atoms with Gasteiger partial charge in [-0.15, -0.1) is 0 Å². The summed E-state index contributed by atoms with van der Waals surface area (Å²) >= 11 is 0. The second kappa shape index (κ2) is 16.5. The van der Waals surface area contributed by atoms with Crippen molar-refractivity contribution in [1.82, 2.24) is 4.57 Å². The van der Waals surface area contributed by atoms with E-state index in [2.05, 4.69) is 20.8 Å². The van der Waals surface area contributed by atoms with Crippen LogP contribution in [0.1, 0.15) is 118 Å². The van der Waals surface area contributed by atoms with Crippen LogP contribution in [-0.2, 0) is 0 Å². The Morgan fingerprint density at radius 2 is 1.23 bits per heavy atom. The third-order valence-electron chi connectivity index (χ3n) is 6.36. The fourth-order valence-corrected chi connectivity index (χ4v) is 4.31. The second-order valence-electron chi connectivity index (χ2n) is 9.83. The lowest BCUT2D eigenvalue weighted by atomic mass is 10.1. The molecular formula is C30H49NO4. The van der Waals surface area contributed by atoms with Crippen LogP contribution in [0.3, 0.4) is 0 Å². The smallest absolute Gasteiger partial charge is 0.297 e. The number of benzene rings is 1. The molecule has 0 N–H and O–H groups in total. The van der Waals surface area contributed by atoms with Crippen molar-refractivity contribution >= 4 is 10.9 Å². The summed E-state index contributed by atoms with van der Waals surface area (Å²) in [4.78, 5) is 13.6. The van der Waals surface area contributed by atoms with Crippen LogP contribution in [0.4, 0.5) is 0 Å². The van der Waals surface area contributed by atoms with Gasteiger partial charge in [-0.05, 0) is 45.2 Å². The molecule has 0 saturated heterocycles. The lowest BCUT2D eigenvalue weighted by Crippen LogP contribution is -2.25. The normalized spacial score (nSPS) is 11.4. The van der Waals surface area contributed by atoms with E-state index < -0.39 is 0 Å². The first-order chi connectivity index (χ1) is 17.0. The Kier molecular flexibility index (Phi) is 13.7. The molecule has 5 nitrogen and oxygen atoms in total. The Morgan fingerprint density at radius 3 is 1.89 bits per heavy atom. The Labute approximate surface area is 213 Å². The Balaban J connectivity index is 2.31. The maximum absolute atomic E-state index is 13.6. The minimum Gasteiger partial charge on any atom is -0.494 e. The number of nitrogens with zero attached hydrogens (tertiary/aromatic N) is 1. The zero-order valence-corrected chi connectivity index (χ0v) is 23.0.